The van der Waals surface area contributed by atoms with E-state index >= 15 is 0 Å². The molecular weight excluding hydrogens is 250 g/mol. The number of hydrogen-bond donors (Lipinski definition) is 1. The first-order chi connectivity index (χ1) is 8.70. The van der Waals surface area contributed by atoms with Gasteiger partial charge in [0.1, 0.15) is 0 Å². The van der Waals surface area contributed by atoms with Gasteiger partial charge in [0.05, 0.1) is 7.11 Å². The van der Waals surface area contributed by atoms with Crippen molar-refractivity contribution < 1.29 is 9.84 Å². The van der Waals surface area contributed by atoms with Crippen molar-refractivity contribution in [1.82, 2.24) is 4.90 Å². The molecule has 1 fully saturated rings. The van der Waals surface area contributed by atoms with Crippen LogP contribution in [-0.2, 0) is 6.54 Å². The first kappa shape index (κ1) is 13.5. The van der Waals surface area contributed by atoms with E-state index in [2.05, 4.69) is 4.90 Å². The molecule has 0 bridgehead atoms. The number of benzene rings is 1. The van der Waals surface area contributed by atoms with E-state index < -0.39 is 0 Å². The fourth-order valence-electron chi connectivity index (χ4n) is 2.44. The van der Waals surface area contributed by atoms with Gasteiger partial charge in [-0.1, -0.05) is 24.4 Å². The van der Waals surface area contributed by atoms with Gasteiger partial charge in [-0.05, 0) is 32.0 Å². The molecule has 1 aliphatic rings. The molecule has 0 aromatic heterocycles. The number of likely N-dealkylation sites (tertiary alicyclic amines) is 1. The molecule has 0 unspecified atom stereocenters. The lowest BCUT2D eigenvalue weighted by molar-refractivity contribution is 0.271. The molecule has 0 saturated carbocycles. The van der Waals surface area contributed by atoms with Crippen LogP contribution < -0.4 is 4.74 Å². The van der Waals surface area contributed by atoms with Crippen LogP contribution >= 0.6 is 11.6 Å². The predicted octanol–water partition coefficient (Wildman–Crippen LogP) is 3.43. The van der Waals surface area contributed by atoms with Crippen LogP contribution in [0.3, 0.4) is 0 Å². The summed E-state index contributed by atoms with van der Waals surface area (Å²) >= 11 is 6.04. The van der Waals surface area contributed by atoms with Gasteiger partial charge in [0.25, 0.3) is 0 Å². The Hall–Kier alpha value is -0.930. The molecule has 0 spiro atoms. The van der Waals surface area contributed by atoms with Crippen molar-refractivity contribution in [2.75, 3.05) is 20.2 Å². The summed E-state index contributed by atoms with van der Waals surface area (Å²) in [6.07, 6.45) is 5.08. The van der Waals surface area contributed by atoms with Gasteiger partial charge >= 0.3 is 0 Å². The van der Waals surface area contributed by atoms with Crippen LogP contribution in [0.1, 0.15) is 31.2 Å². The largest absolute Gasteiger partial charge is 0.504 e. The van der Waals surface area contributed by atoms with Crippen LogP contribution in [0.4, 0.5) is 0 Å². The van der Waals surface area contributed by atoms with Crippen molar-refractivity contribution in [3.8, 4) is 11.5 Å². The SMILES string of the molecule is COc1cc(Cl)cc(CN2CCCCCC2)c1O. The van der Waals surface area contributed by atoms with E-state index in [1.54, 1.807) is 13.2 Å². The van der Waals surface area contributed by atoms with Crippen molar-refractivity contribution in [2.24, 2.45) is 0 Å². The maximum Gasteiger partial charge on any atom is 0.162 e. The smallest absolute Gasteiger partial charge is 0.162 e. The summed E-state index contributed by atoms with van der Waals surface area (Å²) in [4.78, 5) is 2.37. The van der Waals surface area contributed by atoms with Gasteiger partial charge < -0.3 is 9.84 Å². The molecular formula is C14H20ClNO2. The quantitative estimate of drug-likeness (QED) is 0.913. The summed E-state index contributed by atoms with van der Waals surface area (Å²) in [6.45, 7) is 2.92. The van der Waals surface area contributed by atoms with Crippen LogP contribution in [0.25, 0.3) is 0 Å². The molecule has 0 aliphatic carbocycles. The van der Waals surface area contributed by atoms with E-state index in [0.717, 1.165) is 25.2 Å². The van der Waals surface area contributed by atoms with Gasteiger partial charge in [-0.2, -0.15) is 0 Å². The Morgan fingerprint density at radius 1 is 1.22 bits per heavy atom. The number of methoxy groups -OCH3 is 1. The second-order valence-electron chi connectivity index (χ2n) is 4.81. The third-order valence-electron chi connectivity index (χ3n) is 3.43. The van der Waals surface area contributed by atoms with Crippen LogP contribution in [0.5, 0.6) is 11.5 Å². The van der Waals surface area contributed by atoms with E-state index in [1.807, 2.05) is 6.07 Å². The number of ether oxygens (including phenoxy) is 1. The maximum atomic E-state index is 10.1. The Bertz CT molecular complexity index is 401. The lowest BCUT2D eigenvalue weighted by Gasteiger charge is -2.21. The van der Waals surface area contributed by atoms with Crippen molar-refractivity contribution >= 4 is 11.6 Å². The third-order valence-corrected chi connectivity index (χ3v) is 3.65. The fourth-order valence-corrected chi connectivity index (χ4v) is 2.67. The minimum Gasteiger partial charge on any atom is -0.504 e. The standard InChI is InChI=1S/C14H20ClNO2/c1-18-13-9-12(15)8-11(14(13)17)10-16-6-4-2-3-5-7-16/h8-9,17H,2-7,10H2,1H3. The summed E-state index contributed by atoms with van der Waals surface area (Å²) in [7, 11) is 1.54. The number of halogens is 1. The zero-order valence-corrected chi connectivity index (χ0v) is 11.5. The topological polar surface area (TPSA) is 32.7 Å². The second kappa shape index (κ2) is 6.30. The molecule has 2 rings (SSSR count). The van der Waals surface area contributed by atoms with E-state index in [1.165, 1.54) is 25.7 Å². The molecule has 1 heterocycles. The minimum atomic E-state index is 0.214. The van der Waals surface area contributed by atoms with E-state index in [0.29, 0.717) is 10.8 Å². The highest BCUT2D eigenvalue weighted by Crippen LogP contribution is 2.34. The zero-order valence-electron chi connectivity index (χ0n) is 10.8. The monoisotopic (exact) mass is 269 g/mol. The highest BCUT2D eigenvalue weighted by Gasteiger charge is 2.15. The Morgan fingerprint density at radius 3 is 2.50 bits per heavy atom. The third kappa shape index (κ3) is 3.30. The van der Waals surface area contributed by atoms with Crippen LogP contribution in [-0.4, -0.2) is 30.2 Å². The van der Waals surface area contributed by atoms with Gasteiger partial charge in [-0.25, -0.2) is 0 Å². The fraction of sp³-hybridized carbons (Fsp3) is 0.571. The zero-order chi connectivity index (χ0) is 13.0. The summed E-state index contributed by atoms with van der Waals surface area (Å²) in [5, 5.41) is 10.7. The molecule has 1 saturated heterocycles. The molecule has 1 aliphatic heterocycles. The van der Waals surface area contributed by atoms with Gasteiger partial charge in [-0.15, -0.1) is 0 Å². The Balaban J connectivity index is 2.14. The lowest BCUT2D eigenvalue weighted by Crippen LogP contribution is -2.24. The number of phenolic OH excluding ortho intramolecular Hbond substituents is 1. The van der Waals surface area contributed by atoms with Crippen molar-refractivity contribution in [3.05, 3.63) is 22.7 Å². The van der Waals surface area contributed by atoms with Crippen LogP contribution in [0.15, 0.2) is 12.1 Å². The molecule has 1 N–H and O–H groups in total. The number of hydrogen-bond acceptors (Lipinski definition) is 3. The van der Waals surface area contributed by atoms with E-state index in [9.17, 15) is 5.11 Å². The molecule has 18 heavy (non-hydrogen) atoms. The average Bonchev–Trinajstić information content (AvgIpc) is 2.62. The molecule has 0 atom stereocenters. The molecule has 1 aromatic rings. The first-order valence-electron chi connectivity index (χ1n) is 6.48. The summed E-state index contributed by atoms with van der Waals surface area (Å²) in [5.74, 6) is 0.665. The van der Waals surface area contributed by atoms with Crippen molar-refractivity contribution in [3.63, 3.8) is 0 Å². The summed E-state index contributed by atoms with van der Waals surface area (Å²) < 4.78 is 5.13. The van der Waals surface area contributed by atoms with Crippen molar-refractivity contribution in [1.29, 1.82) is 0 Å². The van der Waals surface area contributed by atoms with Gasteiger partial charge in [0.2, 0.25) is 0 Å². The van der Waals surface area contributed by atoms with Gasteiger partial charge in [-0.3, -0.25) is 4.90 Å². The molecule has 4 heteroatoms. The maximum absolute atomic E-state index is 10.1. The van der Waals surface area contributed by atoms with Crippen LogP contribution in [0.2, 0.25) is 5.02 Å². The van der Waals surface area contributed by atoms with Crippen LogP contribution in [0, 0.1) is 0 Å². The Morgan fingerprint density at radius 2 is 1.89 bits per heavy atom. The summed E-state index contributed by atoms with van der Waals surface area (Å²) in [5.41, 5.74) is 0.848. The minimum absolute atomic E-state index is 0.214. The number of phenols is 1. The molecule has 100 valence electrons. The molecule has 1 aromatic carbocycles. The molecule has 0 radical (unpaired) electrons. The highest BCUT2D eigenvalue weighted by atomic mass is 35.5. The first-order valence-corrected chi connectivity index (χ1v) is 6.86. The van der Waals surface area contributed by atoms with Gasteiger partial charge in [0.15, 0.2) is 11.5 Å². The average molecular weight is 270 g/mol. The normalized spacial score (nSPS) is 17.4. The summed E-state index contributed by atoms with van der Waals surface area (Å²) in [6, 6.07) is 3.47. The lowest BCUT2D eigenvalue weighted by atomic mass is 10.1. The number of nitrogens with zero attached hydrogens (tertiary/aromatic N) is 1. The Kier molecular flexibility index (Phi) is 4.72. The van der Waals surface area contributed by atoms with Crippen molar-refractivity contribution in [2.45, 2.75) is 32.2 Å². The van der Waals surface area contributed by atoms with E-state index in [-0.39, 0.29) is 5.75 Å². The Labute approximate surface area is 113 Å². The number of aromatic hydroxyl groups is 1. The molecule has 0 amide bonds. The number of rotatable bonds is 3. The highest BCUT2D eigenvalue weighted by molar-refractivity contribution is 6.30. The molecule has 3 nitrogen and oxygen atoms in total. The van der Waals surface area contributed by atoms with E-state index in [4.69, 9.17) is 16.3 Å². The predicted molar refractivity (Wildman–Crippen MR) is 73.4 cm³/mol. The van der Waals surface area contributed by atoms with Gasteiger partial charge in [0, 0.05) is 23.2 Å². The second-order valence-corrected chi connectivity index (χ2v) is 5.24.